The Morgan fingerprint density at radius 2 is 2.06 bits per heavy atom. The van der Waals surface area contributed by atoms with Gasteiger partial charge in [0.25, 0.3) is 0 Å². The van der Waals surface area contributed by atoms with Gasteiger partial charge in [-0.3, -0.25) is 4.98 Å². The highest BCUT2D eigenvalue weighted by atomic mass is 19.1. The Hall–Kier alpha value is -2.23. The maximum atomic E-state index is 13.9. The summed E-state index contributed by atoms with van der Waals surface area (Å²) in [5.74, 6) is -2.00. The number of halogens is 1. The molecule has 1 aromatic heterocycles. The van der Waals surface area contributed by atoms with Crippen LogP contribution in [0.2, 0.25) is 0 Å². The van der Waals surface area contributed by atoms with Crippen LogP contribution in [0.5, 0.6) is 0 Å². The normalized spacial score (nSPS) is 10.2. The summed E-state index contributed by atoms with van der Waals surface area (Å²) >= 11 is 0. The number of aryl methyl sites for hydroxylation is 1. The van der Waals surface area contributed by atoms with E-state index in [2.05, 4.69) is 4.98 Å². The summed E-state index contributed by atoms with van der Waals surface area (Å²) in [7, 11) is 0. The van der Waals surface area contributed by atoms with Crippen LogP contribution < -0.4 is 0 Å². The number of carboxylic acids is 1. The van der Waals surface area contributed by atoms with Gasteiger partial charge >= 0.3 is 5.97 Å². The highest BCUT2D eigenvalue weighted by Gasteiger charge is 2.14. The van der Waals surface area contributed by atoms with E-state index in [-0.39, 0.29) is 11.1 Å². The van der Waals surface area contributed by atoms with Gasteiger partial charge in [0.1, 0.15) is 5.82 Å². The molecule has 0 amide bonds. The molecule has 2 rings (SSSR count). The van der Waals surface area contributed by atoms with Crippen molar-refractivity contribution in [1.29, 1.82) is 0 Å². The molecule has 0 spiro atoms. The second-order valence-corrected chi connectivity index (χ2v) is 3.66. The fourth-order valence-corrected chi connectivity index (χ4v) is 1.55. The number of aromatic carboxylic acids is 1. The average molecular weight is 231 g/mol. The zero-order valence-corrected chi connectivity index (χ0v) is 9.14. The molecule has 1 aromatic carbocycles. The molecule has 0 aliphatic rings. The van der Waals surface area contributed by atoms with E-state index in [1.165, 1.54) is 24.4 Å². The summed E-state index contributed by atoms with van der Waals surface area (Å²) in [5.41, 5.74) is 1.31. The van der Waals surface area contributed by atoms with E-state index in [0.717, 1.165) is 5.69 Å². The van der Waals surface area contributed by atoms with E-state index < -0.39 is 11.8 Å². The van der Waals surface area contributed by atoms with Crippen LogP contribution in [-0.4, -0.2) is 16.1 Å². The van der Waals surface area contributed by atoms with Gasteiger partial charge in [0.05, 0.1) is 5.56 Å². The first kappa shape index (κ1) is 11.3. The van der Waals surface area contributed by atoms with Crippen LogP contribution in [0.25, 0.3) is 11.1 Å². The fraction of sp³-hybridized carbons (Fsp3) is 0.0769. The molecular formula is C13H10FNO2. The number of hydrogen-bond donors (Lipinski definition) is 1. The van der Waals surface area contributed by atoms with Gasteiger partial charge in [0.15, 0.2) is 0 Å². The van der Waals surface area contributed by atoms with Crippen molar-refractivity contribution in [3.63, 3.8) is 0 Å². The number of nitrogens with zero attached hydrogens (tertiary/aromatic N) is 1. The molecule has 0 fully saturated rings. The maximum Gasteiger partial charge on any atom is 0.338 e. The van der Waals surface area contributed by atoms with Crippen molar-refractivity contribution in [2.45, 2.75) is 6.92 Å². The lowest BCUT2D eigenvalue weighted by atomic mass is 10.0. The topological polar surface area (TPSA) is 50.2 Å². The molecule has 2 aromatic rings. The minimum Gasteiger partial charge on any atom is -0.478 e. The van der Waals surface area contributed by atoms with E-state index in [0.29, 0.717) is 5.56 Å². The highest BCUT2D eigenvalue weighted by Crippen LogP contribution is 2.24. The summed E-state index contributed by atoms with van der Waals surface area (Å²) < 4.78 is 13.9. The third kappa shape index (κ3) is 2.15. The predicted octanol–water partition coefficient (Wildman–Crippen LogP) is 2.89. The second kappa shape index (κ2) is 4.33. The van der Waals surface area contributed by atoms with E-state index in [4.69, 9.17) is 5.11 Å². The molecule has 3 nitrogen and oxygen atoms in total. The third-order valence-corrected chi connectivity index (χ3v) is 2.45. The zero-order valence-electron chi connectivity index (χ0n) is 9.14. The first-order valence-electron chi connectivity index (χ1n) is 5.04. The monoisotopic (exact) mass is 231 g/mol. The van der Waals surface area contributed by atoms with Crippen LogP contribution in [0.3, 0.4) is 0 Å². The lowest BCUT2D eigenvalue weighted by molar-refractivity contribution is 0.0692. The molecule has 0 radical (unpaired) electrons. The van der Waals surface area contributed by atoms with Crippen LogP contribution >= 0.6 is 0 Å². The van der Waals surface area contributed by atoms with Crippen molar-refractivity contribution < 1.29 is 14.3 Å². The van der Waals surface area contributed by atoms with Gasteiger partial charge in [0, 0.05) is 23.0 Å². The minimum atomic E-state index is -1.27. The average Bonchev–Trinajstić information content (AvgIpc) is 2.30. The standard InChI is InChI=1S/C13H10FNO2/c1-8-5-6-9(7-15-8)10-3-2-4-11(12(10)14)13(16)17/h2-7H,1H3,(H,16,17). The van der Waals surface area contributed by atoms with Crippen molar-refractivity contribution in [2.24, 2.45) is 0 Å². The van der Waals surface area contributed by atoms with Crippen LogP contribution in [0.15, 0.2) is 36.5 Å². The molecule has 1 heterocycles. The van der Waals surface area contributed by atoms with E-state index in [9.17, 15) is 9.18 Å². The van der Waals surface area contributed by atoms with Crippen molar-refractivity contribution in [3.05, 3.63) is 53.6 Å². The van der Waals surface area contributed by atoms with Crippen molar-refractivity contribution in [1.82, 2.24) is 4.98 Å². The number of aromatic nitrogens is 1. The second-order valence-electron chi connectivity index (χ2n) is 3.66. The molecule has 4 heteroatoms. The van der Waals surface area contributed by atoms with Gasteiger partial charge in [-0.2, -0.15) is 0 Å². The Bertz CT molecular complexity index is 564. The Morgan fingerprint density at radius 1 is 1.29 bits per heavy atom. The Balaban J connectivity index is 2.56. The lowest BCUT2D eigenvalue weighted by Gasteiger charge is -2.05. The van der Waals surface area contributed by atoms with Crippen LogP contribution in [0, 0.1) is 12.7 Å². The predicted molar refractivity (Wildman–Crippen MR) is 61.3 cm³/mol. The van der Waals surface area contributed by atoms with Gasteiger partial charge in [0.2, 0.25) is 0 Å². The van der Waals surface area contributed by atoms with Crippen molar-refractivity contribution >= 4 is 5.97 Å². The number of pyridine rings is 1. The summed E-state index contributed by atoms with van der Waals surface area (Å²) in [6.07, 6.45) is 1.53. The number of rotatable bonds is 2. The Morgan fingerprint density at radius 3 is 2.65 bits per heavy atom. The number of benzene rings is 1. The van der Waals surface area contributed by atoms with Crippen LogP contribution in [0.1, 0.15) is 16.1 Å². The molecule has 0 unspecified atom stereocenters. The first-order valence-corrected chi connectivity index (χ1v) is 5.04. The first-order chi connectivity index (χ1) is 8.09. The number of carboxylic acid groups (broad SMARTS) is 1. The van der Waals surface area contributed by atoms with Gasteiger partial charge in [-0.25, -0.2) is 9.18 Å². The molecule has 0 aliphatic carbocycles. The third-order valence-electron chi connectivity index (χ3n) is 2.45. The summed E-state index contributed by atoms with van der Waals surface area (Å²) in [6.45, 7) is 1.83. The minimum absolute atomic E-state index is 0.248. The van der Waals surface area contributed by atoms with E-state index in [1.807, 2.05) is 6.92 Å². The van der Waals surface area contributed by atoms with Crippen molar-refractivity contribution in [2.75, 3.05) is 0 Å². The number of carbonyl (C=O) groups is 1. The van der Waals surface area contributed by atoms with Crippen molar-refractivity contribution in [3.8, 4) is 11.1 Å². The lowest BCUT2D eigenvalue weighted by Crippen LogP contribution is -2.01. The molecule has 0 aliphatic heterocycles. The van der Waals surface area contributed by atoms with Gasteiger partial charge in [-0.15, -0.1) is 0 Å². The zero-order chi connectivity index (χ0) is 12.4. The molecule has 0 saturated carbocycles. The summed E-state index contributed by atoms with van der Waals surface area (Å²) in [5, 5.41) is 8.83. The fourth-order valence-electron chi connectivity index (χ4n) is 1.55. The number of hydrogen-bond acceptors (Lipinski definition) is 2. The van der Waals surface area contributed by atoms with Crippen LogP contribution in [-0.2, 0) is 0 Å². The summed E-state index contributed by atoms with van der Waals surface area (Å²) in [4.78, 5) is 14.9. The Labute approximate surface area is 97.6 Å². The van der Waals surface area contributed by atoms with Crippen LogP contribution in [0.4, 0.5) is 4.39 Å². The quantitative estimate of drug-likeness (QED) is 0.864. The van der Waals surface area contributed by atoms with Gasteiger partial charge in [-0.05, 0) is 19.1 Å². The largest absolute Gasteiger partial charge is 0.478 e. The van der Waals surface area contributed by atoms with E-state index >= 15 is 0 Å². The Kier molecular flexibility index (Phi) is 2.87. The molecule has 1 N–H and O–H groups in total. The van der Waals surface area contributed by atoms with Gasteiger partial charge < -0.3 is 5.11 Å². The molecule has 0 saturated heterocycles. The molecular weight excluding hydrogens is 221 g/mol. The molecule has 86 valence electrons. The highest BCUT2D eigenvalue weighted by molar-refractivity contribution is 5.89. The maximum absolute atomic E-state index is 13.9. The smallest absolute Gasteiger partial charge is 0.338 e. The molecule has 0 atom stereocenters. The van der Waals surface area contributed by atoms with E-state index in [1.54, 1.807) is 12.1 Å². The molecule has 17 heavy (non-hydrogen) atoms. The molecule has 0 bridgehead atoms. The summed E-state index contributed by atoms with van der Waals surface area (Å²) in [6, 6.07) is 7.76. The SMILES string of the molecule is Cc1ccc(-c2cccc(C(=O)O)c2F)cn1. The van der Waals surface area contributed by atoms with Gasteiger partial charge in [-0.1, -0.05) is 18.2 Å².